The minimum Gasteiger partial charge on any atom is -0.378 e. The Morgan fingerprint density at radius 1 is 1.40 bits per heavy atom. The van der Waals surface area contributed by atoms with Crippen molar-refractivity contribution in [3.05, 3.63) is 40.2 Å². The predicted molar refractivity (Wildman–Crippen MR) is 80.3 cm³/mol. The van der Waals surface area contributed by atoms with Gasteiger partial charge in [0, 0.05) is 24.1 Å². The maximum atomic E-state index is 13.4. The van der Waals surface area contributed by atoms with E-state index in [9.17, 15) is 4.39 Å². The molecule has 0 aliphatic carbocycles. The molecule has 0 unspecified atom stereocenters. The fraction of sp³-hybridized carbons (Fsp3) is 0.400. The summed E-state index contributed by atoms with van der Waals surface area (Å²) in [7, 11) is 1.66. The molecule has 3 nitrogen and oxygen atoms in total. The molecule has 0 saturated carbocycles. The second-order valence-corrected chi connectivity index (χ2v) is 5.65. The van der Waals surface area contributed by atoms with Gasteiger partial charge in [0.05, 0.1) is 12.3 Å². The number of nitrogens with zero attached hydrogens (tertiary/aromatic N) is 1. The maximum Gasteiger partial charge on any atom is 0.124 e. The van der Waals surface area contributed by atoms with E-state index < -0.39 is 0 Å². The zero-order valence-electron chi connectivity index (χ0n) is 12.0. The van der Waals surface area contributed by atoms with E-state index in [4.69, 9.17) is 4.74 Å². The van der Waals surface area contributed by atoms with E-state index >= 15 is 0 Å². The van der Waals surface area contributed by atoms with Crippen LogP contribution in [0.2, 0.25) is 0 Å². The molecule has 0 atom stereocenters. The Morgan fingerprint density at radius 3 is 2.90 bits per heavy atom. The zero-order valence-corrected chi connectivity index (χ0v) is 12.8. The minimum absolute atomic E-state index is 0.234. The van der Waals surface area contributed by atoms with Crippen molar-refractivity contribution in [2.24, 2.45) is 0 Å². The van der Waals surface area contributed by atoms with Crippen LogP contribution in [0.4, 0.5) is 4.39 Å². The van der Waals surface area contributed by atoms with Gasteiger partial charge in [0.15, 0.2) is 0 Å². The summed E-state index contributed by atoms with van der Waals surface area (Å²) in [5.41, 5.74) is 2.81. The molecule has 2 aromatic rings. The molecule has 1 aromatic heterocycles. The number of halogens is 1. The largest absolute Gasteiger partial charge is 0.378 e. The lowest BCUT2D eigenvalue weighted by atomic mass is 10.1. The number of aromatic nitrogens is 1. The van der Waals surface area contributed by atoms with Crippen LogP contribution < -0.4 is 5.32 Å². The summed E-state index contributed by atoms with van der Waals surface area (Å²) >= 11 is 1.60. The Hall–Kier alpha value is -1.30. The third-order valence-electron chi connectivity index (χ3n) is 3.02. The van der Waals surface area contributed by atoms with Crippen molar-refractivity contribution in [1.82, 2.24) is 10.3 Å². The summed E-state index contributed by atoms with van der Waals surface area (Å²) < 4.78 is 18.6. The first kappa shape index (κ1) is 15.1. The highest BCUT2D eigenvalue weighted by Gasteiger charge is 2.14. The number of methoxy groups -OCH3 is 1. The van der Waals surface area contributed by atoms with Crippen LogP contribution in [0.15, 0.2) is 18.2 Å². The lowest BCUT2D eigenvalue weighted by molar-refractivity contribution is 0.181. The van der Waals surface area contributed by atoms with Gasteiger partial charge >= 0.3 is 0 Å². The molecular formula is C15H19FN2OS. The summed E-state index contributed by atoms with van der Waals surface area (Å²) in [5, 5.41) is 4.14. The number of benzene rings is 1. The highest BCUT2D eigenvalue weighted by Crippen LogP contribution is 2.31. The Balaban J connectivity index is 2.38. The molecule has 0 aliphatic rings. The van der Waals surface area contributed by atoms with E-state index in [1.54, 1.807) is 30.6 Å². The fourth-order valence-electron chi connectivity index (χ4n) is 1.95. The van der Waals surface area contributed by atoms with Crippen LogP contribution in [0.25, 0.3) is 10.6 Å². The van der Waals surface area contributed by atoms with Crippen LogP contribution in [0.5, 0.6) is 0 Å². The summed E-state index contributed by atoms with van der Waals surface area (Å²) in [6.45, 7) is 6.18. The number of thiazole rings is 1. The van der Waals surface area contributed by atoms with Crippen molar-refractivity contribution >= 4 is 11.3 Å². The molecule has 20 heavy (non-hydrogen) atoms. The fourth-order valence-corrected chi connectivity index (χ4v) is 3.07. The predicted octanol–water partition coefficient (Wildman–Crippen LogP) is 3.51. The quantitative estimate of drug-likeness (QED) is 0.885. The van der Waals surface area contributed by atoms with Gasteiger partial charge in [-0.1, -0.05) is 13.0 Å². The molecule has 0 bridgehead atoms. The van der Waals surface area contributed by atoms with E-state index in [0.717, 1.165) is 39.8 Å². The number of aryl methyl sites for hydroxylation is 1. The van der Waals surface area contributed by atoms with Gasteiger partial charge < -0.3 is 10.1 Å². The summed E-state index contributed by atoms with van der Waals surface area (Å²) in [4.78, 5) is 5.76. The van der Waals surface area contributed by atoms with Crippen LogP contribution in [-0.2, 0) is 17.9 Å². The first-order chi connectivity index (χ1) is 9.65. The average Bonchev–Trinajstić information content (AvgIpc) is 2.82. The van der Waals surface area contributed by atoms with Crippen LogP contribution >= 0.6 is 11.3 Å². The Labute approximate surface area is 122 Å². The molecule has 0 fully saturated rings. The average molecular weight is 294 g/mol. The number of nitrogens with one attached hydrogen (secondary N) is 1. The highest BCUT2D eigenvalue weighted by atomic mass is 32.1. The van der Waals surface area contributed by atoms with Gasteiger partial charge in [0.1, 0.15) is 10.8 Å². The van der Waals surface area contributed by atoms with E-state index in [0.29, 0.717) is 6.61 Å². The number of rotatable bonds is 6. The molecule has 0 spiro atoms. The van der Waals surface area contributed by atoms with Gasteiger partial charge in [-0.2, -0.15) is 0 Å². The minimum atomic E-state index is -0.234. The molecule has 1 heterocycles. The molecule has 1 aromatic carbocycles. The molecule has 0 radical (unpaired) electrons. The van der Waals surface area contributed by atoms with Crippen molar-refractivity contribution in [1.29, 1.82) is 0 Å². The third kappa shape index (κ3) is 3.42. The van der Waals surface area contributed by atoms with Gasteiger partial charge in [-0.15, -0.1) is 11.3 Å². The van der Waals surface area contributed by atoms with Gasteiger partial charge in [-0.25, -0.2) is 9.37 Å². The van der Waals surface area contributed by atoms with E-state index in [2.05, 4.69) is 17.2 Å². The van der Waals surface area contributed by atoms with Crippen molar-refractivity contribution in [3.8, 4) is 10.6 Å². The van der Waals surface area contributed by atoms with E-state index in [1.807, 2.05) is 6.92 Å². The summed E-state index contributed by atoms with van der Waals surface area (Å²) in [5.74, 6) is -0.234. The molecule has 2 rings (SSSR count). The summed E-state index contributed by atoms with van der Waals surface area (Å²) in [6, 6.07) is 4.80. The molecule has 5 heteroatoms. The molecule has 108 valence electrons. The van der Waals surface area contributed by atoms with Crippen LogP contribution in [0.3, 0.4) is 0 Å². The Bertz CT molecular complexity index is 583. The molecule has 0 amide bonds. The monoisotopic (exact) mass is 294 g/mol. The van der Waals surface area contributed by atoms with Crippen LogP contribution in [0, 0.1) is 12.7 Å². The second-order valence-electron chi connectivity index (χ2n) is 4.56. The molecule has 0 aliphatic heterocycles. The van der Waals surface area contributed by atoms with Gasteiger partial charge in [0.2, 0.25) is 0 Å². The van der Waals surface area contributed by atoms with Crippen molar-refractivity contribution < 1.29 is 9.13 Å². The standard InChI is InChI=1S/C15H19FN2OS/c1-4-17-8-14-13(9-19-3)18-15(20-14)12-7-11(16)6-5-10(12)2/h5-7,17H,4,8-9H2,1-3H3. The highest BCUT2D eigenvalue weighted by molar-refractivity contribution is 7.15. The Morgan fingerprint density at radius 2 is 2.20 bits per heavy atom. The maximum absolute atomic E-state index is 13.4. The normalized spacial score (nSPS) is 11.0. The topological polar surface area (TPSA) is 34.2 Å². The SMILES string of the molecule is CCNCc1sc(-c2cc(F)ccc2C)nc1COC. The molecule has 1 N–H and O–H groups in total. The van der Waals surface area contributed by atoms with Crippen molar-refractivity contribution in [2.75, 3.05) is 13.7 Å². The third-order valence-corrected chi connectivity index (χ3v) is 4.16. The number of hydrogen-bond donors (Lipinski definition) is 1. The van der Waals surface area contributed by atoms with E-state index in [-0.39, 0.29) is 5.82 Å². The number of ether oxygens (including phenoxy) is 1. The van der Waals surface area contributed by atoms with Crippen LogP contribution in [0.1, 0.15) is 23.1 Å². The lowest BCUT2D eigenvalue weighted by Gasteiger charge is -2.01. The number of hydrogen-bond acceptors (Lipinski definition) is 4. The van der Waals surface area contributed by atoms with Gasteiger partial charge in [0.25, 0.3) is 0 Å². The summed E-state index contributed by atoms with van der Waals surface area (Å²) in [6.07, 6.45) is 0. The Kier molecular flexibility index (Phi) is 5.23. The zero-order chi connectivity index (χ0) is 14.5. The van der Waals surface area contributed by atoms with E-state index in [1.165, 1.54) is 6.07 Å². The van der Waals surface area contributed by atoms with Gasteiger partial charge in [-0.05, 0) is 31.2 Å². The first-order valence-electron chi connectivity index (χ1n) is 6.60. The second kappa shape index (κ2) is 6.92. The van der Waals surface area contributed by atoms with Gasteiger partial charge in [-0.3, -0.25) is 0 Å². The van der Waals surface area contributed by atoms with Crippen molar-refractivity contribution in [2.45, 2.75) is 27.0 Å². The van der Waals surface area contributed by atoms with Crippen LogP contribution in [-0.4, -0.2) is 18.6 Å². The lowest BCUT2D eigenvalue weighted by Crippen LogP contribution is -2.12. The molecular weight excluding hydrogens is 275 g/mol. The molecule has 0 saturated heterocycles. The smallest absolute Gasteiger partial charge is 0.124 e. The first-order valence-corrected chi connectivity index (χ1v) is 7.42. The van der Waals surface area contributed by atoms with Crippen molar-refractivity contribution in [3.63, 3.8) is 0 Å².